The number of ether oxygens (including phenoxy) is 1. The molecule has 6 nitrogen and oxygen atoms in total. The van der Waals surface area contributed by atoms with E-state index in [4.69, 9.17) is 4.74 Å². The summed E-state index contributed by atoms with van der Waals surface area (Å²) >= 11 is 1.49. The molecule has 0 bridgehead atoms. The highest BCUT2D eigenvalue weighted by Crippen LogP contribution is 2.39. The first kappa shape index (κ1) is 21.7. The Bertz CT molecular complexity index is 1200. The van der Waals surface area contributed by atoms with E-state index < -0.39 is 10.0 Å². The molecule has 162 valence electrons. The van der Waals surface area contributed by atoms with Crippen LogP contribution in [-0.2, 0) is 27.6 Å². The summed E-state index contributed by atoms with van der Waals surface area (Å²) in [5.41, 5.74) is 4.26. The zero-order chi connectivity index (χ0) is 22.0. The van der Waals surface area contributed by atoms with Crippen LogP contribution in [0.15, 0.2) is 59.5 Å². The number of sulfonamides is 1. The maximum atomic E-state index is 12.8. The second kappa shape index (κ2) is 8.92. The van der Waals surface area contributed by atoms with Gasteiger partial charge in [-0.25, -0.2) is 13.1 Å². The van der Waals surface area contributed by atoms with Gasteiger partial charge in [-0.2, -0.15) is 0 Å². The largest absolute Gasteiger partial charge is 0.383 e. The van der Waals surface area contributed by atoms with Crippen molar-refractivity contribution in [1.29, 1.82) is 0 Å². The number of hydrogen-bond acceptors (Lipinski definition) is 5. The van der Waals surface area contributed by atoms with Crippen molar-refractivity contribution in [3.05, 3.63) is 70.6 Å². The van der Waals surface area contributed by atoms with E-state index in [1.165, 1.54) is 47.3 Å². The van der Waals surface area contributed by atoms with Crippen LogP contribution >= 0.6 is 11.3 Å². The highest BCUT2D eigenvalue weighted by molar-refractivity contribution is 7.89. The average molecular weight is 457 g/mol. The van der Waals surface area contributed by atoms with Gasteiger partial charge in [0.15, 0.2) is 0 Å². The van der Waals surface area contributed by atoms with Crippen LogP contribution in [0.4, 0.5) is 5.69 Å². The Labute approximate surface area is 186 Å². The molecule has 0 fully saturated rings. The van der Waals surface area contributed by atoms with Gasteiger partial charge in [0.1, 0.15) is 0 Å². The normalized spacial score (nSPS) is 13.9. The molecule has 8 heteroatoms. The fourth-order valence-electron chi connectivity index (χ4n) is 3.71. The molecule has 1 amide bonds. The summed E-state index contributed by atoms with van der Waals surface area (Å²) in [7, 11) is -2.13. The van der Waals surface area contributed by atoms with E-state index in [0.717, 1.165) is 17.7 Å². The van der Waals surface area contributed by atoms with Gasteiger partial charge in [-0.05, 0) is 66.8 Å². The summed E-state index contributed by atoms with van der Waals surface area (Å²) in [5.74, 6) is -0.195. The van der Waals surface area contributed by atoms with E-state index in [1.807, 2.05) is 18.2 Å². The van der Waals surface area contributed by atoms with Crippen LogP contribution in [0.25, 0.3) is 10.4 Å². The molecular weight excluding hydrogens is 432 g/mol. The summed E-state index contributed by atoms with van der Waals surface area (Å²) < 4.78 is 32.4. The molecule has 0 saturated carbocycles. The summed E-state index contributed by atoms with van der Waals surface area (Å²) in [4.78, 5) is 14.7. The van der Waals surface area contributed by atoms with E-state index >= 15 is 0 Å². The molecule has 2 aromatic carbocycles. The van der Waals surface area contributed by atoms with Crippen molar-refractivity contribution in [1.82, 2.24) is 4.72 Å². The van der Waals surface area contributed by atoms with Crippen molar-refractivity contribution < 1.29 is 17.9 Å². The lowest BCUT2D eigenvalue weighted by Gasteiger charge is -2.15. The minimum Gasteiger partial charge on any atom is -0.383 e. The first-order chi connectivity index (χ1) is 14.9. The molecule has 0 aliphatic heterocycles. The Morgan fingerprint density at radius 2 is 1.81 bits per heavy atom. The van der Waals surface area contributed by atoms with Crippen molar-refractivity contribution in [3.8, 4) is 10.4 Å². The van der Waals surface area contributed by atoms with E-state index in [0.29, 0.717) is 10.6 Å². The maximum Gasteiger partial charge on any atom is 0.265 e. The Hall–Kier alpha value is -2.52. The number of carbonyl (C=O) groups excluding carboxylic acids is 1. The third-order valence-electron chi connectivity index (χ3n) is 5.15. The quantitative estimate of drug-likeness (QED) is 0.561. The highest BCUT2D eigenvalue weighted by Gasteiger charge is 2.22. The van der Waals surface area contributed by atoms with E-state index in [-0.39, 0.29) is 23.5 Å². The van der Waals surface area contributed by atoms with Gasteiger partial charge in [0, 0.05) is 23.7 Å². The van der Waals surface area contributed by atoms with Crippen molar-refractivity contribution >= 4 is 33.0 Å². The number of nitrogens with one attached hydrogen (secondary N) is 2. The maximum absolute atomic E-state index is 12.8. The summed E-state index contributed by atoms with van der Waals surface area (Å²) in [6, 6.07) is 16.1. The van der Waals surface area contributed by atoms with Crippen LogP contribution < -0.4 is 10.0 Å². The third kappa shape index (κ3) is 4.72. The number of aryl methyl sites for hydroxylation is 2. The number of hydrogen-bond donors (Lipinski definition) is 2. The van der Waals surface area contributed by atoms with E-state index in [2.05, 4.69) is 22.2 Å². The smallest absolute Gasteiger partial charge is 0.265 e. The van der Waals surface area contributed by atoms with Gasteiger partial charge in [0.25, 0.3) is 5.91 Å². The van der Waals surface area contributed by atoms with Crippen LogP contribution in [0.2, 0.25) is 0 Å². The lowest BCUT2D eigenvalue weighted by Crippen LogP contribution is -2.35. The van der Waals surface area contributed by atoms with Gasteiger partial charge in [0.2, 0.25) is 10.0 Å². The van der Waals surface area contributed by atoms with E-state index in [1.54, 1.807) is 19.1 Å². The molecule has 1 unspecified atom stereocenters. The van der Waals surface area contributed by atoms with Gasteiger partial charge in [0.05, 0.1) is 16.4 Å². The van der Waals surface area contributed by atoms with Gasteiger partial charge < -0.3 is 10.1 Å². The highest BCUT2D eigenvalue weighted by atomic mass is 32.2. The lowest BCUT2D eigenvalue weighted by molar-refractivity contribution is 0.103. The van der Waals surface area contributed by atoms with Gasteiger partial charge in [-0.15, -0.1) is 11.3 Å². The Kier molecular flexibility index (Phi) is 6.24. The topological polar surface area (TPSA) is 84.5 Å². The van der Waals surface area contributed by atoms with Gasteiger partial charge in [-0.1, -0.05) is 24.3 Å². The molecule has 1 heterocycles. The first-order valence-corrected chi connectivity index (χ1v) is 12.3. The third-order valence-corrected chi connectivity index (χ3v) is 7.97. The summed E-state index contributed by atoms with van der Waals surface area (Å²) in [5, 5.41) is 2.87. The van der Waals surface area contributed by atoms with Crippen molar-refractivity contribution in [3.63, 3.8) is 0 Å². The number of methoxy groups -OCH3 is 1. The molecule has 0 saturated heterocycles. The predicted molar refractivity (Wildman–Crippen MR) is 123 cm³/mol. The predicted octanol–water partition coefficient (Wildman–Crippen LogP) is 4.08. The molecule has 0 radical (unpaired) electrons. The minimum atomic E-state index is -3.65. The average Bonchev–Trinajstić information content (AvgIpc) is 3.19. The number of anilines is 1. The van der Waals surface area contributed by atoms with Crippen LogP contribution in [-0.4, -0.2) is 34.1 Å². The standard InChI is InChI=1S/C23H24N2O4S2/c1-15(14-29-2)25-31(27,28)19-11-9-18(10-12-19)24-23(26)21-13-17-8-7-16-5-3-4-6-20(16)22(17)30-21/h3-6,9-13,15,25H,7-8,14H2,1-2H3,(H,24,26). The molecule has 1 aliphatic rings. The molecule has 1 atom stereocenters. The fraction of sp³-hybridized carbons (Fsp3) is 0.261. The van der Waals surface area contributed by atoms with Crippen LogP contribution in [0.5, 0.6) is 0 Å². The van der Waals surface area contributed by atoms with Gasteiger partial charge >= 0.3 is 0 Å². The van der Waals surface area contributed by atoms with Crippen molar-refractivity contribution in [2.45, 2.75) is 30.7 Å². The molecule has 1 aliphatic carbocycles. The zero-order valence-corrected chi connectivity index (χ0v) is 19.0. The Balaban J connectivity index is 1.47. The number of thiophene rings is 1. The molecule has 2 N–H and O–H groups in total. The molecule has 0 spiro atoms. The van der Waals surface area contributed by atoms with Gasteiger partial charge in [-0.3, -0.25) is 4.79 Å². The summed E-state index contributed by atoms with van der Waals surface area (Å²) in [6.45, 7) is 2.01. The minimum absolute atomic E-state index is 0.136. The van der Waals surface area contributed by atoms with Crippen LogP contribution in [0.3, 0.4) is 0 Å². The van der Waals surface area contributed by atoms with Crippen LogP contribution in [0, 0.1) is 0 Å². The monoisotopic (exact) mass is 456 g/mol. The first-order valence-electron chi connectivity index (χ1n) is 10.0. The molecule has 31 heavy (non-hydrogen) atoms. The number of amides is 1. The second-order valence-electron chi connectivity index (χ2n) is 7.58. The SMILES string of the molecule is COCC(C)NS(=O)(=O)c1ccc(NC(=O)c2cc3c(s2)-c2ccccc2CC3)cc1. The van der Waals surface area contributed by atoms with Crippen molar-refractivity contribution in [2.75, 3.05) is 19.0 Å². The molecule has 1 aromatic heterocycles. The Morgan fingerprint density at radius 1 is 1.10 bits per heavy atom. The number of benzene rings is 2. The number of fused-ring (bicyclic) bond motifs is 3. The molecule has 4 rings (SSSR count). The zero-order valence-electron chi connectivity index (χ0n) is 17.3. The second-order valence-corrected chi connectivity index (χ2v) is 10.3. The van der Waals surface area contributed by atoms with Crippen molar-refractivity contribution in [2.24, 2.45) is 0 Å². The van der Waals surface area contributed by atoms with Crippen LogP contribution in [0.1, 0.15) is 27.7 Å². The molecular formula is C23H24N2O4S2. The van der Waals surface area contributed by atoms with E-state index in [9.17, 15) is 13.2 Å². The number of carbonyl (C=O) groups is 1. The lowest BCUT2D eigenvalue weighted by atomic mass is 9.91. The number of rotatable bonds is 7. The Morgan fingerprint density at radius 3 is 2.55 bits per heavy atom. The fourth-order valence-corrected chi connectivity index (χ4v) is 6.10. The molecule has 3 aromatic rings. The summed E-state index contributed by atoms with van der Waals surface area (Å²) in [6.07, 6.45) is 1.91.